The highest BCUT2D eigenvalue weighted by Crippen LogP contribution is 2.28. The summed E-state index contributed by atoms with van der Waals surface area (Å²) in [4.78, 5) is 12.6. The lowest BCUT2D eigenvalue weighted by Gasteiger charge is -2.28. The number of aromatic nitrogens is 2. The molecule has 8 heteroatoms. The zero-order valence-corrected chi connectivity index (χ0v) is 16.8. The van der Waals surface area contributed by atoms with E-state index < -0.39 is 6.10 Å². The molecule has 1 aliphatic heterocycles. The van der Waals surface area contributed by atoms with Crippen molar-refractivity contribution in [3.05, 3.63) is 42.0 Å². The van der Waals surface area contributed by atoms with Gasteiger partial charge in [-0.2, -0.15) is 0 Å². The average molecular weight is 389 g/mol. The third-order valence-electron chi connectivity index (χ3n) is 5.12. The van der Waals surface area contributed by atoms with Gasteiger partial charge in [0.05, 0.1) is 13.2 Å². The number of hydrogen-bond donors (Lipinski definition) is 2. The summed E-state index contributed by atoms with van der Waals surface area (Å²) in [7, 11) is 5.31. The summed E-state index contributed by atoms with van der Waals surface area (Å²) in [5.41, 5.74) is 0.557. The average Bonchev–Trinajstić information content (AvgIpc) is 3.07. The zero-order chi connectivity index (χ0) is 20.3. The first-order chi connectivity index (χ1) is 13.4. The summed E-state index contributed by atoms with van der Waals surface area (Å²) in [6.07, 6.45) is 1.74. The molecule has 0 saturated carbocycles. The Kier molecular flexibility index (Phi) is 6.31. The third kappa shape index (κ3) is 4.34. The number of benzene rings is 1. The summed E-state index contributed by atoms with van der Waals surface area (Å²) in [5.74, 6) is 1.48. The van der Waals surface area contributed by atoms with E-state index in [0.29, 0.717) is 25.1 Å². The quantitative estimate of drug-likeness (QED) is 0.750. The second-order valence-electron chi connectivity index (χ2n) is 7.32. The number of aliphatic hydroxyl groups is 1. The molecular formula is C20H28FN5O2. The third-order valence-corrected chi connectivity index (χ3v) is 5.12. The van der Waals surface area contributed by atoms with Gasteiger partial charge in [0.2, 0.25) is 0 Å². The van der Waals surface area contributed by atoms with Gasteiger partial charge in [0.25, 0.3) is 0 Å². The minimum Gasteiger partial charge on any atom is -0.494 e. The Morgan fingerprint density at radius 2 is 2.18 bits per heavy atom. The number of halogens is 1. The largest absolute Gasteiger partial charge is 0.494 e. The Balaban J connectivity index is 1.71. The lowest BCUT2D eigenvalue weighted by Crippen LogP contribution is -2.39. The van der Waals surface area contributed by atoms with Crippen LogP contribution in [0.4, 0.5) is 16.0 Å². The number of anilines is 2. The van der Waals surface area contributed by atoms with Crippen LogP contribution in [0.1, 0.15) is 24.9 Å². The Labute approximate surface area is 165 Å². The van der Waals surface area contributed by atoms with Crippen LogP contribution >= 0.6 is 0 Å². The monoisotopic (exact) mass is 389 g/mol. The lowest BCUT2D eigenvalue weighted by molar-refractivity contribution is 0.193. The van der Waals surface area contributed by atoms with Crippen molar-refractivity contribution in [3.8, 4) is 5.75 Å². The van der Waals surface area contributed by atoms with E-state index in [0.717, 1.165) is 11.6 Å². The van der Waals surface area contributed by atoms with E-state index in [2.05, 4.69) is 20.2 Å². The topological polar surface area (TPSA) is 73.8 Å². The molecule has 152 valence electrons. The number of nitrogens with one attached hydrogen (secondary N) is 1. The predicted molar refractivity (Wildman–Crippen MR) is 107 cm³/mol. The van der Waals surface area contributed by atoms with Gasteiger partial charge in [-0.25, -0.2) is 14.4 Å². The first-order valence-electron chi connectivity index (χ1n) is 9.40. The maximum atomic E-state index is 14.5. The van der Waals surface area contributed by atoms with Crippen molar-refractivity contribution in [2.75, 3.05) is 44.1 Å². The van der Waals surface area contributed by atoms with Crippen molar-refractivity contribution in [1.82, 2.24) is 15.3 Å². The van der Waals surface area contributed by atoms with Crippen LogP contribution in [0.2, 0.25) is 0 Å². The fraction of sp³-hybridized carbons (Fsp3) is 0.500. The standard InChI is InChI=1S/C20H28FN5O2/c1-13(16-6-5-7-17(28-4)20(16)21)22-10-14-8-15(27)11-26(14)19-9-18(25(2)3)23-12-24-19/h5-7,9,12-15,22,27H,8,10-11H2,1-4H3/t13?,14-,15-/m1/s1. The van der Waals surface area contributed by atoms with E-state index in [4.69, 9.17) is 4.74 Å². The van der Waals surface area contributed by atoms with Crippen LogP contribution in [0.15, 0.2) is 30.6 Å². The van der Waals surface area contributed by atoms with Crippen molar-refractivity contribution in [1.29, 1.82) is 0 Å². The molecule has 1 aromatic carbocycles. The Morgan fingerprint density at radius 3 is 2.89 bits per heavy atom. The highest BCUT2D eigenvalue weighted by Gasteiger charge is 2.32. The van der Waals surface area contributed by atoms with Crippen molar-refractivity contribution >= 4 is 11.6 Å². The SMILES string of the molecule is COc1cccc(C(C)NC[C@H]2C[C@@H](O)CN2c2cc(N(C)C)ncn2)c1F. The Bertz CT molecular complexity index is 804. The molecule has 7 nitrogen and oxygen atoms in total. The molecule has 1 fully saturated rings. The van der Waals surface area contributed by atoms with Crippen LogP contribution in [0, 0.1) is 5.82 Å². The molecule has 1 aliphatic rings. The summed E-state index contributed by atoms with van der Waals surface area (Å²) in [6.45, 7) is 3.02. The molecule has 0 spiro atoms. The number of nitrogens with zero attached hydrogens (tertiary/aromatic N) is 4. The maximum absolute atomic E-state index is 14.5. The summed E-state index contributed by atoms with van der Waals surface area (Å²) < 4.78 is 19.6. The molecule has 1 aromatic heterocycles. The highest BCUT2D eigenvalue weighted by atomic mass is 19.1. The zero-order valence-electron chi connectivity index (χ0n) is 16.8. The predicted octanol–water partition coefficient (Wildman–Crippen LogP) is 1.98. The van der Waals surface area contributed by atoms with Gasteiger partial charge in [-0.05, 0) is 19.4 Å². The minimum atomic E-state index is -0.423. The van der Waals surface area contributed by atoms with Crippen LogP contribution in [0.25, 0.3) is 0 Å². The number of β-amino-alcohol motifs (C(OH)–C–C–N with tert-alkyl or cyclic N) is 1. The molecule has 28 heavy (non-hydrogen) atoms. The van der Waals surface area contributed by atoms with Crippen LogP contribution < -0.4 is 19.9 Å². The van der Waals surface area contributed by atoms with Crippen molar-refractivity contribution in [3.63, 3.8) is 0 Å². The van der Waals surface area contributed by atoms with Crippen LogP contribution in [-0.4, -0.2) is 61.5 Å². The van der Waals surface area contributed by atoms with Gasteiger partial charge in [0.15, 0.2) is 11.6 Å². The van der Waals surface area contributed by atoms with Crippen molar-refractivity contribution < 1.29 is 14.2 Å². The minimum absolute atomic E-state index is 0.0519. The lowest BCUT2D eigenvalue weighted by atomic mass is 10.1. The fourth-order valence-electron chi connectivity index (χ4n) is 3.55. The van der Waals surface area contributed by atoms with Crippen LogP contribution in [0.3, 0.4) is 0 Å². The van der Waals surface area contributed by atoms with Crippen molar-refractivity contribution in [2.24, 2.45) is 0 Å². The molecule has 1 saturated heterocycles. The molecule has 2 N–H and O–H groups in total. The van der Waals surface area contributed by atoms with E-state index in [1.165, 1.54) is 13.4 Å². The second kappa shape index (κ2) is 8.70. The van der Waals surface area contributed by atoms with Gasteiger partial charge in [-0.3, -0.25) is 0 Å². The van der Waals surface area contributed by atoms with E-state index in [1.807, 2.05) is 32.0 Å². The molecule has 0 radical (unpaired) electrons. The van der Waals surface area contributed by atoms with E-state index in [1.54, 1.807) is 18.2 Å². The Morgan fingerprint density at radius 1 is 1.39 bits per heavy atom. The fourth-order valence-corrected chi connectivity index (χ4v) is 3.55. The van der Waals surface area contributed by atoms with Gasteiger partial charge >= 0.3 is 0 Å². The molecule has 0 bridgehead atoms. The molecule has 2 aromatic rings. The molecule has 3 atom stereocenters. The molecule has 0 aliphatic carbocycles. The Hall–Kier alpha value is -2.45. The molecular weight excluding hydrogens is 361 g/mol. The van der Waals surface area contributed by atoms with E-state index >= 15 is 0 Å². The van der Waals surface area contributed by atoms with Crippen LogP contribution in [-0.2, 0) is 0 Å². The molecule has 1 unspecified atom stereocenters. The summed E-state index contributed by atoms with van der Waals surface area (Å²) >= 11 is 0. The number of rotatable bonds is 7. The van der Waals surface area contributed by atoms with Gasteiger partial charge in [0, 0.05) is 50.9 Å². The maximum Gasteiger partial charge on any atom is 0.169 e. The first-order valence-corrected chi connectivity index (χ1v) is 9.40. The smallest absolute Gasteiger partial charge is 0.169 e. The van der Waals surface area contributed by atoms with Crippen molar-refractivity contribution in [2.45, 2.75) is 31.5 Å². The molecule has 2 heterocycles. The first kappa shape index (κ1) is 20.3. The van der Waals surface area contributed by atoms with Gasteiger partial charge in [-0.15, -0.1) is 0 Å². The number of ether oxygens (including phenoxy) is 1. The highest BCUT2D eigenvalue weighted by molar-refractivity contribution is 5.51. The van der Waals surface area contributed by atoms with E-state index in [9.17, 15) is 9.50 Å². The number of aliphatic hydroxyl groups excluding tert-OH is 1. The molecule has 3 rings (SSSR count). The normalized spacial score (nSPS) is 20.3. The number of methoxy groups -OCH3 is 1. The van der Waals surface area contributed by atoms with Crippen LogP contribution in [0.5, 0.6) is 5.75 Å². The van der Waals surface area contributed by atoms with Gasteiger partial charge < -0.3 is 25.0 Å². The summed E-state index contributed by atoms with van der Waals surface area (Å²) in [5, 5.41) is 13.6. The second-order valence-corrected chi connectivity index (χ2v) is 7.32. The van der Waals surface area contributed by atoms with E-state index in [-0.39, 0.29) is 23.7 Å². The molecule has 0 amide bonds. The summed E-state index contributed by atoms with van der Waals surface area (Å²) in [6, 6.07) is 6.91. The van der Waals surface area contributed by atoms with Gasteiger partial charge in [-0.1, -0.05) is 12.1 Å². The number of hydrogen-bond acceptors (Lipinski definition) is 7. The van der Waals surface area contributed by atoms with Gasteiger partial charge in [0.1, 0.15) is 18.0 Å².